The third-order valence-corrected chi connectivity index (χ3v) is 2.99. The van der Waals surface area contributed by atoms with E-state index >= 15 is 0 Å². The van der Waals surface area contributed by atoms with Crippen LogP contribution in [0.3, 0.4) is 0 Å². The van der Waals surface area contributed by atoms with Crippen LogP contribution in [0.5, 0.6) is 0 Å². The smallest absolute Gasteiger partial charge is 0.146 e. The molecule has 2 aromatic carbocycles. The molecule has 1 heterocycles. The van der Waals surface area contributed by atoms with Gasteiger partial charge in [0.15, 0.2) is 0 Å². The lowest BCUT2D eigenvalue weighted by atomic mass is 10.1. The lowest BCUT2D eigenvalue weighted by molar-refractivity contribution is 0.630. The Labute approximate surface area is 115 Å². The highest BCUT2D eigenvalue weighted by Gasteiger charge is 2.10. The first-order valence-corrected chi connectivity index (χ1v) is 6.28. The van der Waals surface area contributed by atoms with Crippen molar-refractivity contribution in [3.63, 3.8) is 0 Å². The lowest BCUT2D eigenvalue weighted by Gasteiger charge is -2.06. The van der Waals surface area contributed by atoms with Gasteiger partial charge >= 0.3 is 0 Å². The number of para-hydroxylation sites is 1. The number of anilines is 1. The Bertz CT molecular complexity index is 694. The van der Waals surface area contributed by atoms with Gasteiger partial charge in [-0.05, 0) is 12.1 Å². The monoisotopic (exact) mass is 268 g/mol. The number of halogens is 1. The second-order valence-corrected chi connectivity index (χ2v) is 4.32. The molecule has 0 unspecified atom stereocenters. The van der Waals surface area contributed by atoms with Gasteiger partial charge in [0, 0.05) is 5.56 Å². The maximum atomic E-state index is 13.5. The number of nitrogens with one attached hydrogen (secondary N) is 2. The van der Waals surface area contributed by atoms with Crippen LogP contribution in [-0.2, 0) is 6.54 Å². The number of aromatic amines is 1. The second-order valence-electron chi connectivity index (χ2n) is 4.32. The minimum absolute atomic E-state index is 0.280. The highest BCUT2D eigenvalue weighted by Crippen LogP contribution is 2.20. The Hall–Kier alpha value is -2.69. The third-order valence-electron chi connectivity index (χ3n) is 2.99. The molecule has 0 spiro atoms. The molecule has 20 heavy (non-hydrogen) atoms. The summed E-state index contributed by atoms with van der Waals surface area (Å²) in [4.78, 5) is 0. The Balaban J connectivity index is 1.80. The topological polar surface area (TPSA) is 53.6 Å². The van der Waals surface area contributed by atoms with Gasteiger partial charge in [-0.1, -0.05) is 42.5 Å². The van der Waals surface area contributed by atoms with Crippen LogP contribution in [0, 0.1) is 5.82 Å². The molecule has 5 heteroatoms. The van der Waals surface area contributed by atoms with Gasteiger partial charge in [-0.3, -0.25) is 0 Å². The van der Waals surface area contributed by atoms with Crippen LogP contribution in [0.4, 0.5) is 10.1 Å². The Morgan fingerprint density at radius 2 is 1.70 bits per heavy atom. The van der Waals surface area contributed by atoms with E-state index < -0.39 is 0 Å². The molecule has 2 N–H and O–H groups in total. The summed E-state index contributed by atoms with van der Waals surface area (Å²) in [5, 5.41) is 13.9. The molecule has 3 aromatic rings. The number of hydrogen-bond acceptors (Lipinski definition) is 3. The van der Waals surface area contributed by atoms with Crippen molar-refractivity contribution < 1.29 is 4.39 Å². The van der Waals surface area contributed by atoms with E-state index in [2.05, 4.69) is 20.7 Å². The van der Waals surface area contributed by atoms with E-state index in [1.165, 1.54) is 6.07 Å². The number of hydrogen-bond donors (Lipinski definition) is 2. The second kappa shape index (κ2) is 5.52. The van der Waals surface area contributed by atoms with Crippen LogP contribution in [-0.4, -0.2) is 15.4 Å². The van der Waals surface area contributed by atoms with Crippen molar-refractivity contribution in [3.8, 4) is 11.3 Å². The number of benzene rings is 2. The Kier molecular flexibility index (Phi) is 3.41. The molecule has 0 bridgehead atoms. The molecule has 0 saturated heterocycles. The molecule has 3 rings (SSSR count). The van der Waals surface area contributed by atoms with Gasteiger partial charge in [0.2, 0.25) is 0 Å². The first-order chi connectivity index (χ1) is 9.84. The van der Waals surface area contributed by atoms with E-state index in [9.17, 15) is 4.39 Å². The molecule has 4 nitrogen and oxygen atoms in total. The highest BCUT2D eigenvalue weighted by molar-refractivity contribution is 5.61. The number of rotatable bonds is 4. The van der Waals surface area contributed by atoms with E-state index in [1.807, 2.05) is 30.3 Å². The van der Waals surface area contributed by atoms with Gasteiger partial charge in [-0.25, -0.2) is 4.39 Å². The number of H-pyrrole nitrogens is 1. The van der Waals surface area contributed by atoms with E-state index in [0.29, 0.717) is 12.2 Å². The maximum Gasteiger partial charge on any atom is 0.146 e. The molecule has 0 aliphatic rings. The lowest BCUT2D eigenvalue weighted by Crippen LogP contribution is -2.03. The van der Waals surface area contributed by atoms with Crippen LogP contribution < -0.4 is 5.32 Å². The summed E-state index contributed by atoms with van der Waals surface area (Å²) in [7, 11) is 0. The van der Waals surface area contributed by atoms with Crippen molar-refractivity contribution in [2.75, 3.05) is 5.32 Å². The van der Waals surface area contributed by atoms with Crippen LogP contribution in [0.15, 0.2) is 54.6 Å². The van der Waals surface area contributed by atoms with Crippen molar-refractivity contribution in [1.82, 2.24) is 15.4 Å². The number of nitrogens with zero attached hydrogens (tertiary/aromatic N) is 2. The zero-order valence-electron chi connectivity index (χ0n) is 10.7. The fourth-order valence-electron chi connectivity index (χ4n) is 1.99. The van der Waals surface area contributed by atoms with Crippen LogP contribution in [0.2, 0.25) is 0 Å². The number of aromatic nitrogens is 3. The Morgan fingerprint density at radius 3 is 2.50 bits per heavy atom. The van der Waals surface area contributed by atoms with E-state index in [0.717, 1.165) is 17.0 Å². The normalized spacial score (nSPS) is 10.4. The van der Waals surface area contributed by atoms with Crippen molar-refractivity contribution in [2.24, 2.45) is 0 Å². The minimum atomic E-state index is -0.280. The van der Waals surface area contributed by atoms with Gasteiger partial charge in [0.25, 0.3) is 0 Å². The average molecular weight is 268 g/mol. The van der Waals surface area contributed by atoms with Crippen LogP contribution >= 0.6 is 0 Å². The largest absolute Gasteiger partial charge is 0.377 e. The van der Waals surface area contributed by atoms with Gasteiger partial charge in [0.1, 0.15) is 17.2 Å². The maximum absolute atomic E-state index is 13.5. The molecular formula is C15H13FN4. The summed E-state index contributed by atoms with van der Waals surface area (Å²) >= 11 is 0. The van der Waals surface area contributed by atoms with Crippen molar-refractivity contribution in [1.29, 1.82) is 0 Å². The summed E-state index contributed by atoms with van der Waals surface area (Å²) in [5.74, 6) is -0.280. The SMILES string of the molecule is Fc1ccccc1NCc1n[nH]nc1-c1ccccc1. The van der Waals surface area contributed by atoms with Gasteiger partial charge < -0.3 is 5.32 Å². The van der Waals surface area contributed by atoms with Crippen molar-refractivity contribution in [3.05, 3.63) is 66.1 Å². The van der Waals surface area contributed by atoms with Gasteiger partial charge in [0.05, 0.1) is 12.2 Å². The molecule has 0 fully saturated rings. The van der Waals surface area contributed by atoms with E-state index in [4.69, 9.17) is 0 Å². The molecule has 0 atom stereocenters. The minimum Gasteiger partial charge on any atom is -0.377 e. The fraction of sp³-hybridized carbons (Fsp3) is 0.0667. The zero-order valence-corrected chi connectivity index (χ0v) is 10.7. The average Bonchev–Trinajstić information content (AvgIpc) is 2.96. The van der Waals surface area contributed by atoms with Gasteiger partial charge in [-0.2, -0.15) is 15.4 Å². The van der Waals surface area contributed by atoms with Crippen LogP contribution in [0.1, 0.15) is 5.69 Å². The zero-order chi connectivity index (χ0) is 13.8. The molecule has 0 aliphatic heterocycles. The third kappa shape index (κ3) is 2.51. The van der Waals surface area contributed by atoms with Gasteiger partial charge in [-0.15, -0.1) is 0 Å². The standard InChI is InChI=1S/C15H13FN4/c16-12-8-4-5-9-13(12)17-10-14-15(19-20-18-14)11-6-2-1-3-7-11/h1-9,17H,10H2,(H,18,19,20). The quantitative estimate of drug-likeness (QED) is 0.764. The summed E-state index contributed by atoms with van der Waals surface area (Å²) in [6, 6.07) is 16.3. The molecule has 0 saturated carbocycles. The van der Waals surface area contributed by atoms with Crippen molar-refractivity contribution >= 4 is 5.69 Å². The molecule has 0 radical (unpaired) electrons. The highest BCUT2D eigenvalue weighted by atomic mass is 19.1. The predicted octanol–water partition coefficient (Wildman–Crippen LogP) is 3.22. The fourth-order valence-corrected chi connectivity index (χ4v) is 1.99. The summed E-state index contributed by atoms with van der Waals surface area (Å²) in [6.07, 6.45) is 0. The summed E-state index contributed by atoms with van der Waals surface area (Å²) in [6.45, 7) is 0.404. The summed E-state index contributed by atoms with van der Waals surface area (Å²) < 4.78 is 13.5. The van der Waals surface area contributed by atoms with E-state index in [-0.39, 0.29) is 5.82 Å². The van der Waals surface area contributed by atoms with Crippen molar-refractivity contribution in [2.45, 2.75) is 6.54 Å². The summed E-state index contributed by atoms with van der Waals surface area (Å²) in [5.41, 5.74) is 2.95. The molecule has 100 valence electrons. The molecule has 0 aliphatic carbocycles. The molecule has 0 amide bonds. The molecule has 1 aromatic heterocycles. The predicted molar refractivity (Wildman–Crippen MR) is 75.5 cm³/mol. The van der Waals surface area contributed by atoms with E-state index in [1.54, 1.807) is 18.2 Å². The van der Waals surface area contributed by atoms with Crippen LogP contribution in [0.25, 0.3) is 11.3 Å². The first kappa shape index (κ1) is 12.3. The molecular weight excluding hydrogens is 255 g/mol. The Morgan fingerprint density at radius 1 is 0.950 bits per heavy atom. The first-order valence-electron chi connectivity index (χ1n) is 6.28.